The van der Waals surface area contributed by atoms with E-state index in [0.717, 1.165) is 41.0 Å². The van der Waals surface area contributed by atoms with E-state index < -0.39 is 0 Å². The molecule has 3 aromatic heterocycles. The second-order valence-electron chi connectivity index (χ2n) is 6.20. The van der Waals surface area contributed by atoms with Gasteiger partial charge in [0.1, 0.15) is 17.7 Å². The highest BCUT2D eigenvalue weighted by molar-refractivity contribution is 5.95. The predicted octanol–water partition coefficient (Wildman–Crippen LogP) is 2.46. The molecule has 0 spiro atoms. The van der Waals surface area contributed by atoms with Gasteiger partial charge in [-0.1, -0.05) is 0 Å². The van der Waals surface area contributed by atoms with Crippen molar-refractivity contribution in [1.82, 2.24) is 19.5 Å². The van der Waals surface area contributed by atoms with Gasteiger partial charge >= 0.3 is 0 Å². The summed E-state index contributed by atoms with van der Waals surface area (Å²) in [5.41, 5.74) is 2.55. The Bertz CT molecular complexity index is 944. The highest BCUT2D eigenvalue weighted by Gasteiger charge is 2.23. The monoisotopic (exact) mass is 337 g/mol. The summed E-state index contributed by atoms with van der Waals surface area (Å²) in [5.74, 6) is 1.26. The van der Waals surface area contributed by atoms with E-state index in [-0.39, 0.29) is 12.0 Å². The fraction of sp³-hybridized carbons (Fsp3) is 0.333. The lowest BCUT2D eigenvalue weighted by Gasteiger charge is -2.10. The first kappa shape index (κ1) is 15.7. The summed E-state index contributed by atoms with van der Waals surface area (Å²) in [4.78, 5) is 25.5. The molecule has 0 bridgehead atoms. The number of fused-ring (bicyclic) bond motifs is 1. The Morgan fingerprint density at radius 3 is 2.92 bits per heavy atom. The van der Waals surface area contributed by atoms with Crippen LogP contribution in [0, 0.1) is 6.92 Å². The minimum atomic E-state index is -0.380. The maximum Gasteiger partial charge on any atom is 0.254 e. The number of rotatable bonds is 3. The van der Waals surface area contributed by atoms with E-state index in [2.05, 4.69) is 15.3 Å². The van der Waals surface area contributed by atoms with E-state index in [9.17, 15) is 4.79 Å². The molecule has 1 N–H and O–H groups in total. The molecule has 1 aliphatic rings. The van der Waals surface area contributed by atoms with Crippen molar-refractivity contribution in [3.63, 3.8) is 0 Å². The molecule has 0 aromatic carbocycles. The largest absolute Gasteiger partial charge is 0.368 e. The molecule has 1 aliphatic heterocycles. The third kappa shape index (κ3) is 2.98. The fourth-order valence-corrected chi connectivity index (χ4v) is 2.96. The molecule has 7 heteroatoms. The number of hydrogen-bond acceptors (Lipinski definition) is 5. The molecular formula is C18H19N5O2. The van der Waals surface area contributed by atoms with Crippen LogP contribution in [-0.4, -0.2) is 38.1 Å². The Morgan fingerprint density at radius 1 is 1.32 bits per heavy atom. The van der Waals surface area contributed by atoms with Gasteiger partial charge in [-0.25, -0.2) is 15.0 Å². The standard InChI is InChI=1S/C18H19N5O2/c1-11-19-10-15(23(11)2)13-6-5-12-9-20-17(8-14(12)21-13)22-18(24)16-4-3-7-25-16/h5-6,8-10,16H,3-4,7H2,1-2H3,(H,20,22,24). The van der Waals surface area contributed by atoms with E-state index in [4.69, 9.17) is 9.72 Å². The van der Waals surface area contributed by atoms with Gasteiger partial charge in [0.2, 0.25) is 0 Å². The number of nitrogens with one attached hydrogen (secondary N) is 1. The first-order valence-corrected chi connectivity index (χ1v) is 8.30. The SMILES string of the molecule is Cc1ncc(-c2ccc3cnc(NC(=O)C4CCCO4)cc3n2)n1C. The van der Waals surface area contributed by atoms with Crippen LogP contribution in [0.25, 0.3) is 22.3 Å². The molecule has 1 unspecified atom stereocenters. The number of anilines is 1. The Labute approximate surface area is 145 Å². The Balaban J connectivity index is 1.64. The smallest absolute Gasteiger partial charge is 0.254 e. The Morgan fingerprint density at radius 2 is 2.20 bits per heavy atom. The number of carbonyl (C=O) groups is 1. The summed E-state index contributed by atoms with van der Waals surface area (Å²) < 4.78 is 7.40. The van der Waals surface area contributed by atoms with Crippen molar-refractivity contribution in [3.05, 3.63) is 36.4 Å². The third-order valence-corrected chi connectivity index (χ3v) is 4.53. The highest BCUT2D eigenvalue weighted by atomic mass is 16.5. The van der Waals surface area contributed by atoms with Gasteiger partial charge in [-0.2, -0.15) is 0 Å². The van der Waals surface area contributed by atoms with Crippen LogP contribution in [0.5, 0.6) is 0 Å². The average molecular weight is 337 g/mol. The van der Waals surface area contributed by atoms with Crippen LogP contribution in [0.2, 0.25) is 0 Å². The minimum absolute atomic E-state index is 0.150. The lowest BCUT2D eigenvalue weighted by atomic mass is 10.2. The molecular weight excluding hydrogens is 318 g/mol. The van der Waals surface area contributed by atoms with Crippen LogP contribution >= 0.6 is 0 Å². The van der Waals surface area contributed by atoms with Gasteiger partial charge in [-0.3, -0.25) is 4.79 Å². The van der Waals surface area contributed by atoms with Gasteiger partial charge in [0.05, 0.1) is 23.1 Å². The number of carbonyl (C=O) groups excluding carboxylic acids is 1. The third-order valence-electron chi connectivity index (χ3n) is 4.53. The highest BCUT2D eigenvalue weighted by Crippen LogP contribution is 2.23. The fourth-order valence-electron chi connectivity index (χ4n) is 2.96. The van der Waals surface area contributed by atoms with Crippen molar-refractivity contribution in [2.75, 3.05) is 11.9 Å². The first-order valence-electron chi connectivity index (χ1n) is 8.30. The Kier molecular flexibility index (Phi) is 3.93. The summed E-state index contributed by atoms with van der Waals surface area (Å²) >= 11 is 0. The maximum absolute atomic E-state index is 12.2. The zero-order chi connectivity index (χ0) is 17.4. The topological polar surface area (TPSA) is 81.9 Å². The Hall–Kier alpha value is -2.80. The van der Waals surface area contributed by atoms with E-state index in [0.29, 0.717) is 12.4 Å². The minimum Gasteiger partial charge on any atom is -0.368 e. The number of aryl methyl sites for hydroxylation is 1. The molecule has 4 rings (SSSR count). The molecule has 0 aliphatic carbocycles. The summed E-state index contributed by atoms with van der Waals surface area (Å²) in [5, 5.41) is 3.73. The number of amides is 1. The predicted molar refractivity (Wildman–Crippen MR) is 94.1 cm³/mol. The lowest BCUT2D eigenvalue weighted by Crippen LogP contribution is -2.27. The molecule has 1 atom stereocenters. The molecule has 0 radical (unpaired) electrons. The average Bonchev–Trinajstić information content (AvgIpc) is 3.26. The van der Waals surface area contributed by atoms with Gasteiger partial charge in [0.25, 0.3) is 5.91 Å². The van der Waals surface area contributed by atoms with Crippen LogP contribution in [0.3, 0.4) is 0 Å². The number of pyridine rings is 2. The van der Waals surface area contributed by atoms with Crippen LogP contribution in [0.4, 0.5) is 5.82 Å². The summed E-state index contributed by atoms with van der Waals surface area (Å²) in [6.45, 7) is 2.59. The molecule has 128 valence electrons. The molecule has 1 amide bonds. The summed E-state index contributed by atoms with van der Waals surface area (Å²) in [7, 11) is 1.96. The lowest BCUT2D eigenvalue weighted by molar-refractivity contribution is -0.124. The van der Waals surface area contributed by atoms with Crippen LogP contribution in [0.15, 0.2) is 30.6 Å². The zero-order valence-corrected chi connectivity index (χ0v) is 14.2. The van der Waals surface area contributed by atoms with Crippen LogP contribution < -0.4 is 5.32 Å². The van der Waals surface area contributed by atoms with Gasteiger partial charge in [-0.05, 0) is 31.9 Å². The van der Waals surface area contributed by atoms with Crippen molar-refractivity contribution >= 4 is 22.6 Å². The molecule has 25 heavy (non-hydrogen) atoms. The number of imidazole rings is 1. The molecule has 4 heterocycles. The number of hydrogen-bond donors (Lipinski definition) is 1. The molecule has 3 aromatic rings. The molecule has 1 saturated heterocycles. The zero-order valence-electron chi connectivity index (χ0n) is 14.2. The maximum atomic E-state index is 12.2. The van der Waals surface area contributed by atoms with Crippen molar-refractivity contribution in [2.45, 2.75) is 25.9 Å². The summed E-state index contributed by atoms with van der Waals surface area (Å²) in [6.07, 6.45) is 4.81. The second kappa shape index (κ2) is 6.25. The molecule has 0 saturated carbocycles. The van der Waals surface area contributed by atoms with Crippen molar-refractivity contribution in [3.8, 4) is 11.4 Å². The van der Waals surface area contributed by atoms with Crippen molar-refractivity contribution in [2.24, 2.45) is 7.05 Å². The first-order chi connectivity index (χ1) is 12.1. The quantitative estimate of drug-likeness (QED) is 0.794. The molecule has 1 fully saturated rings. The van der Waals surface area contributed by atoms with Crippen LogP contribution in [-0.2, 0) is 16.6 Å². The normalized spacial score (nSPS) is 17.1. The number of aromatic nitrogens is 4. The van der Waals surface area contributed by atoms with Crippen molar-refractivity contribution in [1.29, 1.82) is 0 Å². The van der Waals surface area contributed by atoms with Crippen LogP contribution in [0.1, 0.15) is 18.7 Å². The van der Waals surface area contributed by atoms with E-state index >= 15 is 0 Å². The van der Waals surface area contributed by atoms with Gasteiger partial charge in [-0.15, -0.1) is 0 Å². The van der Waals surface area contributed by atoms with Gasteiger partial charge in [0.15, 0.2) is 0 Å². The number of nitrogens with zero attached hydrogens (tertiary/aromatic N) is 4. The van der Waals surface area contributed by atoms with E-state index in [1.807, 2.05) is 36.9 Å². The van der Waals surface area contributed by atoms with E-state index in [1.54, 1.807) is 12.3 Å². The number of ether oxygens (including phenoxy) is 1. The van der Waals surface area contributed by atoms with Gasteiger partial charge in [0, 0.05) is 31.3 Å². The molecule has 7 nitrogen and oxygen atoms in total. The van der Waals surface area contributed by atoms with Gasteiger partial charge < -0.3 is 14.6 Å². The van der Waals surface area contributed by atoms with E-state index in [1.165, 1.54) is 0 Å². The van der Waals surface area contributed by atoms with Crippen molar-refractivity contribution < 1.29 is 9.53 Å². The summed E-state index contributed by atoms with van der Waals surface area (Å²) in [6, 6.07) is 5.71. The second-order valence-corrected chi connectivity index (χ2v) is 6.20.